The van der Waals surface area contributed by atoms with Crippen molar-refractivity contribution in [2.75, 3.05) is 44.0 Å². The van der Waals surface area contributed by atoms with Gasteiger partial charge in [-0.05, 0) is 12.1 Å². The highest BCUT2D eigenvalue weighted by atomic mass is 32.2. The van der Waals surface area contributed by atoms with Crippen molar-refractivity contribution in [3.8, 4) is 5.75 Å². The fraction of sp³-hybridized carbons (Fsp3) is 0.500. The van der Waals surface area contributed by atoms with Gasteiger partial charge in [-0.1, -0.05) is 12.1 Å². The number of carbonyl (C=O) groups is 1. The number of para-hydroxylation sites is 1. The van der Waals surface area contributed by atoms with Gasteiger partial charge in [0.15, 0.2) is 0 Å². The molecule has 8 heteroatoms. The van der Waals surface area contributed by atoms with Gasteiger partial charge in [0.25, 0.3) is 5.91 Å². The number of thioether (sulfide) groups is 1. The van der Waals surface area contributed by atoms with Crippen LogP contribution in [0.1, 0.15) is 10.4 Å². The molecule has 1 heterocycles. The van der Waals surface area contributed by atoms with Gasteiger partial charge in [0, 0.05) is 31.1 Å². The van der Waals surface area contributed by atoms with Crippen molar-refractivity contribution in [2.24, 2.45) is 0 Å². The molecule has 1 aromatic carbocycles. The lowest BCUT2D eigenvalue weighted by atomic mass is 10.2. The number of amides is 1. The molecule has 22 heavy (non-hydrogen) atoms. The number of ether oxygens (including phenoxy) is 1. The van der Waals surface area contributed by atoms with Crippen LogP contribution in [-0.2, 0) is 10.0 Å². The second-order valence-corrected chi connectivity index (χ2v) is 8.10. The van der Waals surface area contributed by atoms with E-state index in [0.717, 1.165) is 11.5 Å². The largest absolute Gasteiger partial charge is 0.496 e. The van der Waals surface area contributed by atoms with Crippen LogP contribution in [0.4, 0.5) is 0 Å². The molecule has 6 nitrogen and oxygen atoms in total. The molecule has 1 N–H and O–H groups in total. The summed E-state index contributed by atoms with van der Waals surface area (Å²) in [5.74, 6) is 1.70. The van der Waals surface area contributed by atoms with E-state index in [1.54, 1.807) is 36.0 Å². The Balaban J connectivity index is 1.88. The minimum atomic E-state index is -3.30. The summed E-state index contributed by atoms with van der Waals surface area (Å²) in [6, 6.07) is 6.84. The summed E-state index contributed by atoms with van der Waals surface area (Å²) in [6.07, 6.45) is 0. The molecule has 0 aromatic heterocycles. The van der Waals surface area contributed by atoms with Crippen LogP contribution in [-0.4, -0.2) is 62.6 Å². The molecule has 1 fully saturated rings. The van der Waals surface area contributed by atoms with Crippen LogP contribution in [0.3, 0.4) is 0 Å². The van der Waals surface area contributed by atoms with Crippen LogP contribution in [0.25, 0.3) is 0 Å². The summed E-state index contributed by atoms with van der Waals surface area (Å²) in [5.41, 5.74) is 0.400. The minimum absolute atomic E-state index is 0.0848. The normalized spacial score (nSPS) is 16.2. The van der Waals surface area contributed by atoms with Gasteiger partial charge < -0.3 is 10.1 Å². The van der Waals surface area contributed by atoms with Gasteiger partial charge in [-0.25, -0.2) is 12.7 Å². The Hall–Kier alpha value is -1.25. The molecule has 122 valence electrons. The average Bonchev–Trinajstić information content (AvgIpc) is 2.55. The van der Waals surface area contributed by atoms with Crippen LogP contribution >= 0.6 is 11.8 Å². The highest BCUT2D eigenvalue weighted by Crippen LogP contribution is 2.17. The third kappa shape index (κ3) is 4.37. The van der Waals surface area contributed by atoms with Crippen LogP contribution < -0.4 is 10.1 Å². The highest BCUT2D eigenvalue weighted by Gasteiger charge is 2.24. The first-order chi connectivity index (χ1) is 10.5. The number of nitrogens with zero attached hydrogens (tertiary/aromatic N) is 1. The lowest BCUT2D eigenvalue weighted by Gasteiger charge is -2.25. The number of methoxy groups -OCH3 is 1. The molecular weight excluding hydrogens is 324 g/mol. The summed E-state index contributed by atoms with van der Waals surface area (Å²) in [4.78, 5) is 12.1. The summed E-state index contributed by atoms with van der Waals surface area (Å²) < 4.78 is 31.0. The topological polar surface area (TPSA) is 75.7 Å². The van der Waals surface area contributed by atoms with Gasteiger partial charge in [0.2, 0.25) is 10.0 Å². The molecule has 0 unspecified atom stereocenters. The Morgan fingerprint density at radius 3 is 2.68 bits per heavy atom. The monoisotopic (exact) mass is 344 g/mol. The third-order valence-corrected chi connectivity index (χ3v) is 6.18. The molecule has 1 aliphatic rings. The molecule has 1 aromatic rings. The zero-order valence-corrected chi connectivity index (χ0v) is 14.1. The molecule has 2 rings (SSSR count). The van der Waals surface area contributed by atoms with Crippen molar-refractivity contribution >= 4 is 27.7 Å². The van der Waals surface area contributed by atoms with Crippen molar-refractivity contribution in [3.05, 3.63) is 29.8 Å². The van der Waals surface area contributed by atoms with Crippen molar-refractivity contribution in [2.45, 2.75) is 0 Å². The average molecular weight is 344 g/mol. The van der Waals surface area contributed by atoms with Crippen molar-refractivity contribution in [1.82, 2.24) is 9.62 Å². The van der Waals surface area contributed by atoms with E-state index < -0.39 is 10.0 Å². The van der Waals surface area contributed by atoms with E-state index in [9.17, 15) is 13.2 Å². The first-order valence-electron chi connectivity index (χ1n) is 7.01. The third-order valence-electron chi connectivity index (χ3n) is 3.36. The maximum Gasteiger partial charge on any atom is 0.255 e. The van der Waals surface area contributed by atoms with Gasteiger partial charge in [0.1, 0.15) is 5.75 Å². The maximum absolute atomic E-state index is 12.2. The standard InChI is InChI=1S/C14H20N2O4S2/c1-20-13-5-3-2-4-12(13)14(17)15-6-11-22(18,19)16-7-9-21-10-8-16/h2-5H,6-11H2,1H3,(H,15,17). The van der Waals surface area contributed by atoms with E-state index in [1.807, 2.05) is 0 Å². The number of carbonyl (C=O) groups excluding carboxylic acids is 1. The molecular formula is C14H20N2O4S2. The number of nitrogens with one attached hydrogen (secondary N) is 1. The number of rotatable bonds is 6. The number of hydrogen-bond donors (Lipinski definition) is 1. The Labute approximate surface area is 135 Å². The van der Waals surface area contributed by atoms with Crippen LogP contribution in [0.2, 0.25) is 0 Å². The zero-order chi connectivity index (χ0) is 16.0. The fourth-order valence-corrected chi connectivity index (χ4v) is 4.67. The van der Waals surface area contributed by atoms with Crippen LogP contribution in [0, 0.1) is 0 Å². The molecule has 0 aliphatic carbocycles. The van der Waals surface area contributed by atoms with Gasteiger partial charge in [-0.3, -0.25) is 4.79 Å². The lowest BCUT2D eigenvalue weighted by molar-refractivity contribution is 0.0953. The number of benzene rings is 1. The highest BCUT2D eigenvalue weighted by molar-refractivity contribution is 7.99. The second-order valence-electron chi connectivity index (χ2n) is 4.78. The summed E-state index contributed by atoms with van der Waals surface area (Å²) >= 11 is 1.76. The van der Waals surface area contributed by atoms with E-state index in [2.05, 4.69) is 5.32 Å². The quantitative estimate of drug-likeness (QED) is 0.826. The predicted molar refractivity (Wildman–Crippen MR) is 88.0 cm³/mol. The Morgan fingerprint density at radius 2 is 2.00 bits per heavy atom. The predicted octanol–water partition coefficient (Wildman–Crippen LogP) is 0.804. The van der Waals surface area contributed by atoms with Crippen LogP contribution in [0.15, 0.2) is 24.3 Å². The van der Waals surface area contributed by atoms with Crippen molar-refractivity contribution in [3.63, 3.8) is 0 Å². The van der Waals surface area contributed by atoms with E-state index in [-0.39, 0.29) is 18.2 Å². The summed E-state index contributed by atoms with van der Waals surface area (Å²) in [7, 11) is -1.81. The van der Waals surface area contributed by atoms with Gasteiger partial charge in [-0.2, -0.15) is 11.8 Å². The van der Waals surface area contributed by atoms with E-state index >= 15 is 0 Å². The Morgan fingerprint density at radius 1 is 1.32 bits per heavy atom. The van der Waals surface area contributed by atoms with Crippen molar-refractivity contribution in [1.29, 1.82) is 0 Å². The number of hydrogen-bond acceptors (Lipinski definition) is 5. The Kier molecular flexibility index (Phi) is 6.10. The molecule has 0 saturated carbocycles. The molecule has 0 radical (unpaired) electrons. The molecule has 1 amide bonds. The molecule has 1 saturated heterocycles. The van der Waals surface area contributed by atoms with Crippen LogP contribution in [0.5, 0.6) is 5.75 Å². The molecule has 0 spiro atoms. The number of sulfonamides is 1. The first-order valence-corrected chi connectivity index (χ1v) is 9.78. The second kappa shape index (κ2) is 7.85. The van der Waals surface area contributed by atoms with E-state index in [0.29, 0.717) is 24.4 Å². The minimum Gasteiger partial charge on any atom is -0.496 e. The van der Waals surface area contributed by atoms with Gasteiger partial charge in [-0.15, -0.1) is 0 Å². The molecule has 1 aliphatic heterocycles. The van der Waals surface area contributed by atoms with E-state index in [1.165, 1.54) is 11.4 Å². The fourth-order valence-electron chi connectivity index (χ4n) is 2.17. The SMILES string of the molecule is COc1ccccc1C(=O)NCCS(=O)(=O)N1CCSCC1. The summed E-state index contributed by atoms with van der Waals surface area (Å²) in [5, 5.41) is 2.64. The van der Waals surface area contributed by atoms with Gasteiger partial charge >= 0.3 is 0 Å². The maximum atomic E-state index is 12.2. The smallest absolute Gasteiger partial charge is 0.255 e. The van der Waals surface area contributed by atoms with Crippen molar-refractivity contribution < 1.29 is 17.9 Å². The van der Waals surface area contributed by atoms with Gasteiger partial charge in [0.05, 0.1) is 18.4 Å². The molecule has 0 bridgehead atoms. The lowest BCUT2D eigenvalue weighted by Crippen LogP contribution is -2.41. The van der Waals surface area contributed by atoms with E-state index in [4.69, 9.17) is 4.74 Å². The first kappa shape index (κ1) is 17.1. The Bertz CT molecular complexity index is 613. The molecule has 0 atom stereocenters. The zero-order valence-electron chi connectivity index (χ0n) is 12.4. The summed E-state index contributed by atoms with van der Waals surface area (Å²) in [6.45, 7) is 1.18.